The molecule has 0 bridgehead atoms. The van der Waals surface area contributed by atoms with Crippen molar-refractivity contribution in [2.45, 2.75) is 31.8 Å². The van der Waals surface area contributed by atoms with Gasteiger partial charge in [-0.1, -0.05) is 36.4 Å². The summed E-state index contributed by atoms with van der Waals surface area (Å²) in [6.45, 7) is 5.17. The summed E-state index contributed by atoms with van der Waals surface area (Å²) in [5.74, 6) is 0.265. The molecular weight excluding hydrogens is 452 g/mol. The lowest BCUT2D eigenvalue weighted by Crippen LogP contribution is -2.30. The number of hydrogen-bond acceptors (Lipinski definition) is 6. The lowest BCUT2D eigenvalue weighted by molar-refractivity contribution is -0.122. The number of rotatable bonds is 7. The quantitative estimate of drug-likeness (QED) is 0.408. The van der Waals surface area contributed by atoms with Gasteiger partial charge in [0.1, 0.15) is 5.75 Å². The highest BCUT2D eigenvalue weighted by Gasteiger charge is 2.18. The van der Waals surface area contributed by atoms with Gasteiger partial charge in [-0.05, 0) is 62.6 Å². The summed E-state index contributed by atoms with van der Waals surface area (Å²) in [7, 11) is -3.88. The second kappa shape index (κ2) is 9.48. The van der Waals surface area contributed by atoms with Crippen LogP contribution in [0.15, 0.2) is 77.7 Å². The second-order valence-corrected chi connectivity index (χ2v) is 9.51. The predicted molar refractivity (Wildman–Crippen MR) is 131 cm³/mol. The van der Waals surface area contributed by atoms with Crippen molar-refractivity contribution in [3.05, 3.63) is 84.2 Å². The molecule has 4 rings (SSSR count). The number of anilines is 2. The number of benzene rings is 3. The number of fused-ring (bicyclic) bond motifs is 1. The summed E-state index contributed by atoms with van der Waals surface area (Å²) in [4.78, 5) is 20.9. The number of nitrogens with zero attached hydrogens (tertiary/aromatic N) is 2. The molecule has 0 saturated heterocycles. The highest BCUT2D eigenvalue weighted by Crippen LogP contribution is 2.26. The van der Waals surface area contributed by atoms with E-state index >= 15 is 0 Å². The van der Waals surface area contributed by atoms with Crippen molar-refractivity contribution in [2.24, 2.45) is 0 Å². The zero-order valence-corrected chi connectivity index (χ0v) is 19.8. The van der Waals surface area contributed by atoms with E-state index < -0.39 is 16.1 Å². The van der Waals surface area contributed by atoms with Crippen LogP contribution < -0.4 is 14.8 Å². The van der Waals surface area contributed by atoms with E-state index in [4.69, 9.17) is 4.74 Å². The summed E-state index contributed by atoms with van der Waals surface area (Å²) in [5.41, 5.74) is 1.76. The van der Waals surface area contributed by atoms with Gasteiger partial charge >= 0.3 is 0 Å². The molecule has 4 aromatic rings. The number of aryl methyl sites for hydroxylation is 2. The predicted octanol–water partition coefficient (Wildman–Crippen LogP) is 4.45. The topological polar surface area (TPSA) is 110 Å². The number of nitrogens with one attached hydrogen (secondary N) is 2. The Hall–Kier alpha value is -3.98. The Kier molecular flexibility index (Phi) is 6.47. The van der Waals surface area contributed by atoms with Crippen molar-refractivity contribution < 1.29 is 17.9 Å². The number of sulfonamides is 1. The van der Waals surface area contributed by atoms with Crippen molar-refractivity contribution in [3.63, 3.8) is 0 Å². The summed E-state index contributed by atoms with van der Waals surface area (Å²) in [5, 5.41) is 4.68. The fourth-order valence-corrected chi connectivity index (χ4v) is 4.40. The van der Waals surface area contributed by atoms with Crippen LogP contribution >= 0.6 is 0 Å². The Morgan fingerprint density at radius 1 is 0.912 bits per heavy atom. The maximum atomic E-state index is 12.7. The maximum absolute atomic E-state index is 12.7. The zero-order chi connectivity index (χ0) is 24.3. The number of carbonyl (C=O) groups excluding carboxylic acids is 1. The van der Waals surface area contributed by atoms with Gasteiger partial charge in [0.15, 0.2) is 6.10 Å². The number of ether oxygens (including phenoxy) is 1. The average molecular weight is 477 g/mol. The van der Waals surface area contributed by atoms with Crippen molar-refractivity contribution in [2.75, 3.05) is 10.0 Å². The molecule has 1 aromatic heterocycles. The van der Waals surface area contributed by atoms with E-state index in [0.717, 1.165) is 10.8 Å². The standard InChI is InChI=1S/C25H24N4O4S/c1-16-15-17(2)27-25(26-16)29-34(31,32)21-13-11-20(12-14-21)28-24(30)18(3)33-23-10-6-8-19-7-4-5-9-22(19)23/h4-15,18H,1-3H3,(H,28,30)(H,26,27,29). The number of carbonyl (C=O) groups is 1. The number of aromatic nitrogens is 2. The van der Waals surface area contributed by atoms with Crippen LogP contribution in [0.25, 0.3) is 10.8 Å². The minimum absolute atomic E-state index is 0.00860. The molecular formula is C25H24N4O4S. The Morgan fingerprint density at radius 2 is 1.56 bits per heavy atom. The molecule has 0 aliphatic rings. The van der Waals surface area contributed by atoms with Crippen molar-refractivity contribution in [1.82, 2.24) is 9.97 Å². The normalized spacial score (nSPS) is 12.2. The third-order valence-electron chi connectivity index (χ3n) is 5.06. The summed E-state index contributed by atoms with van der Waals surface area (Å²) < 4.78 is 33.6. The molecule has 1 unspecified atom stereocenters. The molecule has 0 spiro atoms. The Labute approximate surface area is 198 Å². The monoisotopic (exact) mass is 476 g/mol. The minimum atomic E-state index is -3.88. The first-order chi connectivity index (χ1) is 16.2. The second-order valence-electron chi connectivity index (χ2n) is 7.83. The van der Waals surface area contributed by atoms with Gasteiger partial charge in [-0.15, -0.1) is 0 Å². The van der Waals surface area contributed by atoms with Crippen molar-refractivity contribution in [1.29, 1.82) is 0 Å². The minimum Gasteiger partial charge on any atom is -0.480 e. The van der Waals surface area contributed by atoms with Crippen LogP contribution in [-0.4, -0.2) is 30.4 Å². The van der Waals surface area contributed by atoms with Crippen LogP contribution in [0.4, 0.5) is 11.6 Å². The number of hydrogen-bond donors (Lipinski definition) is 2. The van der Waals surface area contributed by atoms with Gasteiger partial charge < -0.3 is 10.1 Å². The molecule has 0 saturated carbocycles. The molecule has 1 amide bonds. The molecule has 174 valence electrons. The molecule has 9 heteroatoms. The SMILES string of the molecule is Cc1cc(C)nc(NS(=O)(=O)c2ccc(NC(=O)C(C)Oc3cccc4ccccc34)cc2)n1. The van der Waals surface area contributed by atoms with Gasteiger partial charge in [-0.2, -0.15) is 0 Å². The maximum Gasteiger partial charge on any atom is 0.265 e. The zero-order valence-electron chi connectivity index (χ0n) is 18.9. The molecule has 0 fully saturated rings. The van der Waals surface area contributed by atoms with E-state index in [-0.39, 0.29) is 16.8 Å². The van der Waals surface area contributed by atoms with Gasteiger partial charge in [0, 0.05) is 22.5 Å². The van der Waals surface area contributed by atoms with Gasteiger partial charge in [0.2, 0.25) is 5.95 Å². The van der Waals surface area contributed by atoms with Gasteiger partial charge in [0.25, 0.3) is 15.9 Å². The molecule has 1 heterocycles. The Bertz CT molecular complexity index is 1430. The third kappa shape index (κ3) is 5.32. The van der Waals surface area contributed by atoms with Crippen LogP contribution in [0.5, 0.6) is 5.75 Å². The van der Waals surface area contributed by atoms with E-state index in [1.165, 1.54) is 24.3 Å². The van der Waals surface area contributed by atoms with Crippen LogP contribution in [-0.2, 0) is 14.8 Å². The third-order valence-corrected chi connectivity index (χ3v) is 6.41. The summed E-state index contributed by atoms with van der Waals surface area (Å²) in [6.07, 6.45) is -0.766. The Morgan fingerprint density at radius 3 is 2.26 bits per heavy atom. The first-order valence-corrected chi connectivity index (χ1v) is 12.1. The Balaban J connectivity index is 1.43. The van der Waals surface area contributed by atoms with E-state index in [9.17, 15) is 13.2 Å². The molecule has 8 nitrogen and oxygen atoms in total. The van der Waals surface area contributed by atoms with E-state index in [0.29, 0.717) is 22.8 Å². The average Bonchev–Trinajstić information content (AvgIpc) is 2.78. The lowest BCUT2D eigenvalue weighted by Gasteiger charge is -2.16. The summed E-state index contributed by atoms with van der Waals surface area (Å²) in [6, 6.07) is 21.0. The molecule has 0 radical (unpaired) electrons. The van der Waals surface area contributed by atoms with E-state index in [1.54, 1.807) is 26.8 Å². The van der Waals surface area contributed by atoms with Gasteiger partial charge in [-0.25, -0.2) is 23.1 Å². The highest BCUT2D eigenvalue weighted by molar-refractivity contribution is 7.92. The van der Waals surface area contributed by atoms with Gasteiger partial charge in [-0.3, -0.25) is 4.79 Å². The van der Waals surface area contributed by atoms with Crippen LogP contribution in [0, 0.1) is 13.8 Å². The van der Waals surface area contributed by atoms with Crippen molar-refractivity contribution >= 4 is 38.3 Å². The fraction of sp³-hybridized carbons (Fsp3) is 0.160. The van der Waals surface area contributed by atoms with Crippen LogP contribution in [0.3, 0.4) is 0 Å². The van der Waals surface area contributed by atoms with E-state index in [2.05, 4.69) is 20.0 Å². The largest absolute Gasteiger partial charge is 0.480 e. The first kappa shape index (κ1) is 23.2. The van der Waals surface area contributed by atoms with E-state index in [1.807, 2.05) is 42.5 Å². The van der Waals surface area contributed by atoms with Crippen LogP contribution in [0.2, 0.25) is 0 Å². The molecule has 1 atom stereocenters. The smallest absolute Gasteiger partial charge is 0.265 e. The number of amides is 1. The molecule has 34 heavy (non-hydrogen) atoms. The molecule has 0 aliphatic carbocycles. The molecule has 0 aliphatic heterocycles. The first-order valence-electron chi connectivity index (χ1n) is 10.6. The van der Waals surface area contributed by atoms with Gasteiger partial charge in [0.05, 0.1) is 4.90 Å². The van der Waals surface area contributed by atoms with Crippen LogP contribution in [0.1, 0.15) is 18.3 Å². The highest BCUT2D eigenvalue weighted by atomic mass is 32.2. The lowest BCUT2D eigenvalue weighted by atomic mass is 10.1. The fourth-order valence-electron chi connectivity index (χ4n) is 3.45. The summed E-state index contributed by atoms with van der Waals surface area (Å²) >= 11 is 0. The van der Waals surface area contributed by atoms with Crippen molar-refractivity contribution in [3.8, 4) is 5.75 Å². The molecule has 3 aromatic carbocycles. The molecule has 2 N–H and O–H groups in total.